The van der Waals surface area contributed by atoms with Crippen LogP contribution in [-0.4, -0.2) is 83.6 Å². The molecule has 1 aliphatic carbocycles. The summed E-state index contributed by atoms with van der Waals surface area (Å²) in [6.45, 7) is 13.0. The van der Waals surface area contributed by atoms with Gasteiger partial charge in [0.05, 0.1) is 24.6 Å². The predicted octanol–water partition coefficient (Wildman–Crippen LogP) is 7.64. The summed E-state index contributed by atoms with van der Waals surface area (Å²) in [7, 11) is 1.74. The lowest BCUT2D eigenvalue weighted by Crippen LogP contribution is -2.45. The number of carbonyl (C=O) groups excluding carboxylic acids is 1. The number of hydrogen-bond donors (Lipinski definition) is 1. The largest absolute Gasteiger partial charge is 0.495 e. The van der Waals surface area contributed by atoms with Crippen LogP contribution in [0.4, 0.5) is 15.9 Å². The maximum absolute atomic E-state index is 14.4. The smallest absolute Gasteiger partial charge is 0.258 e. The average molecular weight is 673 g/mol. The van der Waals surface area contributed by atoms with Crippen molar-refractivity contribution >= 4 is 17.4 Å². The fraction of sp³-hybridized carbons (Fsp3) is 0.564. The summed E-state index contributed by atoms with van der Waals surface area (Å²) in [6.07, 6.45) is 11.8. The Morgan fingerprint density at radius 2 is 1.71 bits per heavy atom. The molecule has 1 spiro atoms. The molecule has 1 saturated carbocycles. The highest BCUT2D eigenvalue weighted by atomic mass is 19.1. The number of benzene rings is 2. The Morgan fingerprint density at radius 1 is 0.980 bits per heavy atom. The molecule has 1 N–H and O–H groups in total. The number of piperidine rings is 1. The normalized spacial score (nSPS) is 19.8. The van der Waals surface area contributed by atoms with Gasteiger partial charge in [-0.15, -0.1) is 0 Å². The number of nitrogens with zero attached hydrogens (tertiary/aromatic N) is 5. The van der Waals surface area contributed by atoms with Crippen molar-refractivity contribution in [2.75, 3.05) is 50.1 Å². The molecule has 3 aromatic rings. The monoisotopic (exact) mass is 672 g/mol. The molecule has 1 atom stereocenters. The van der Waals surface area contributed by atoms with Gasteiger partial charge in [0.1, 0.15) is 23.6 Å². The van der Waals surface area contributed by atoms with Crippen LogP contribution in [0.3, 0.4) is 0 Å². The Kier molecular flexibility index (Phi) is 10.9. The molecule has 2 saturated heterocycles. The number of likely N-dealkylation sites (tertiary alicyclic amines) is 1. The van der Waals surface area contributed by atoms with Gasteiger partial charge in [-0.3, -0.25) is 4.79 Å². The third-order valence-electron chi connectivity index (χ3n) is 10.9. The maximum Gasteiger partial charge on any atom is 0.258 e. The molecular weight excluding hydrogens is 619 g/mol. The number of para-hydroxylation sites is 2. The Bertz CT molecular complexity index is 1560. The van der Waals surface area contributed by atoms with Crippen molar-refractivity contribution in [2.24, 2.45) is 11.3 Å². The van der Waals surface area contributed by atoms with Gasteiger partial charge in [-0.2, -0.15) is 0 Å². The van der Waals surface area contributed by atoms with Crippen molar-refractivity contribution in [3.63, 3.8) is 0 Å². The van der Waals surface area contributed by atoms with E-state index in [0.29, 0.717) is 34.7 Å². The number of aromatic nitrogens is 2. The van der Waals surface area contributed by atoms with Gasteiger partial charge in [-0.05, 0) is 127 Å². The van der Waals surface area contributed by atoms with E-state index in [0.717, 1.165) is 50.6 Å². The van der Waals surface area contributed by atoms with Gasteiger partial charge in [0.25, 0.3) is 5.91 Å². The summed E-state index contributed by atoms with van der Waals surface area (Å²) in [6, 6.07) is 12.7. The molecule has 0 radical (unpaired) electrons. The van der Waals surface area contributed by atoms with Gasteiger partial charge in [-0.1, -0.05) is 12.1 Å². The van der Waals surface area contributed by atoms with Crippen LogP contribution in [-0.2, 0) is 0 Å². The van der Waals surface area contributed by atoms with Crippen molar-refractivity contribution in [1.82, 2.24) is 19.8 Å². The quantitative estimate of drug-likeness (QED) is 0.223. The summed E-state index contributed by atoms with van der Waals surface area (Å²) in [5, 5.41) is 3.75. The molecule has 1 unspecified atom stereocenters. The van der Waals surface area contributed by atoms with E-state index in [4.69, 9.17) is 9.47 Å². The number of carbonyl (C=O) groups is 1. The van der Waals surface area contributed by atoms with Crippen LogP contribution >= 0.6 is 0 Å². The summed E-state index contributed by atoms with van der Waals surface area (Å²) >= 11 is 0. The minimum Gasteiger partial charge on any atom is -0.495 e. The van der Waals surface area contributed by atoms with Gasteiger partial charge >= 0.3 is 0 Å². The lowest BCUT2D eigenvalue weighted by atomic mass is 9.67. The molecule has 3 heterocycles. The number of amides is 1. The number of anilines is 2. The zero-order valence-corrected chi connectivity index (χ0v) is 29.8. The summed E-state index contributed by atoms with van der Waals surface area (Å²) in [4.78, 5) is 29.1. The van der Waals surface area contributed by atoms with Crippen molar-refractivity contribution in [3.05, 3.63) is 66.4 Å². The van der Waals surface area contributed by atoms with E-state index in [1.807, 2.05) is 39.8 Å². The predicted molar refractivity (Wildman–Crippen MR) is 192 cm³/mol. The van der Waals surface area contributed by atoms with Crippen LogP contribution in [0, 0.1) is 17.2 Å². The topological polar surface area (TPSA) is 83.1 Å². The molecular formula is C39H53FN6O3. The van der Waals surface area contributed by atoms with E-state index < -0.39 is 5.82 Å². The molecule has 1 aromatic heterocycles. The standard InChI is InChI=1S/C39H53FN6O3/c1-27(2)46(28(3)4)38(47)32-22-30(40)10-11-34(32)49-36-23-41-26-42-37(36)45-19-14-29(25-45)24-44-20-17-39(18-21-44)15-12-31(13-16-39)43-33-8-6-7-9-35(33)48-5/h6-11,22-23,26-29,31,43H,12-21,24-25H2,1-5H3. The summed E-state index contributed by atoms with van der Waals surface area (Å²) in [5.74, 6) is 2.19. The van der Waals surface area contributed by atoms with Crippen molar-refractivity contribution in [2.45, 2.75) is 90.8 Å². The first kappa shape index (κ1) is 34.9. The SMILES string of the molecule is COc1ccccc1NC1CCC2(CC1)CCN(CC1CCN(c3ncncc3Oc3ccc(F)cc3C(=O)N(C(C)C)C(C)C)C1)CC2. The highest BCUT2D eigenvalue weighted by Crippen LogP contribution is 2.46. The third kappa shape index (κ3) is 8.11. The van der Waals surface area contributed by atoms with Crippen LogP contribution in [0.5, 0.6) is 17.2 Å². The molecule has 0 bridgehead atoms. The third-order valence-corrected chi connectivity index (χ3v) is 10.9. The minimum absolute atomic E-state index is 0.0477. The minimum atomic E-state index is -0.479. The first-order valence-electron chi connectivity index (χ1n) is 18.1. The highest BCUT2D eigenvalue weighted by molar-refractivity contribution is 5.97. The average Bonchev–Trinajstić information content (AvgIpc) is 3.56. The molecule has 9 nitrogen and oxygen atoms in total. The number of hydrogen-bond acceptors (Lipinski definition) is 8. The van der Waals surface area contributed by atoms with Gasteiger partial charge in [0, 0.05) is 37.8 Å². The van der Waals surface area contributed by atoms with E-state index in [1.54, 1.807) is 18.2 Å². The molecule has 2 aliphatic heterocycles. The molecule has 6 rings (SSSR count). The van der Waals surface area contributed by atoms with Crippen molar-refractivity contribution in [1.29, 1.82) is 0 Å². The van der Waals surface area contributed by atoms with Crippen LogP contribution < -0.4 is 19.7 Å². The maximum atomic E-state index is 14.4. The number of ether oxygens (including phenoxy) is 2. The van der Waals surface area contributed by atoms with Gasteiger partial charge in [-0.25, -0.2) is 14.4 Å². The second kappa shape index (κ2) is 15.3. The van der Waals surface area contributed by atoms with E-state index >= 15 is 0 Å². The summed E-state index contributed by atoms with van der Waals surface area (Å²) in [5.41, 5.74) is 1.77. The fourth-order valence-electron chi connectivity index (χ4n) is 8.31. The van der Waals surface area contributed by atoms with E-state index in [1.165, 1.54) is 63.1 Å². The molecule has 1 amide bonds. The zero-order chi connectivity index (χ0) is 34.5. The summed E-state index contributed by atoms with van der Waals surface area (Å²) < 4.78 is 26.3. The van der Waals surface area contributed by atoms with E-state index in [2.05, 4.69) is 37.2 Å². The Balaban J connectivity index is 1.03. The highest BCUT2D eigenvalue weighted by Gasteiger charge is 2.39. The van der Waals surface area contributed by atoms with E-state index in [9.17, 15) is 9.18 Å². The number of halogens is 1. The van der Waals surface area contributed by atoms with Crippen LogP contribution in [0.2, 0.25) is 0 Å². The van der Waals surface area contributed by atoms with E-state index in [-0.39, 0.29) is 23.6 Å². The Hall–Kier alpha value is -3.92. The number of nitrogens with one attached hydrogen (secondary N) is 1. The fourth-order valence-corrected chi connectivity index (χ4v) is 8.31. The van der Waals surface area contributed by atoms with Gasteiger partial charge < -0.3 is 29.5 Å². The zero-order valence-electron chi connectivity index (χ0n) is 29.8. The number of methoxy groups -OCH3 is 1. The van der Waals surface area contributed by atoms with Gasteiger partial charge in [0.15, 0.2) is 11.6 Å². The van der Waals surface area contributed by atoms with Crippen molar-refractivity contribution < 1.29 is 18.7 Å². The van der Waals surface area contributed by atoms with Crippen LogP contribution in [0.15, 0.2) is 55.0 Å². The second-order valence-corrected chi connectivity index (χ2v) is 14.9. The second-order valence-electron chi connectivity index (χ2n) is 14.9. The Labute approximate surface area is 291 Å². The molecule has 2 aromatic carbocycles. The molecule has 264 valence electrons. The number of rotatable bonds is 11. The molecule has 3 aliphatic rings. The lowest BCUT2D eigenvalue weighted by Gasteiger charge is -2.46. The first-order valence-corrected chi connectivity index (χ1v) is 18.1. The molecule has 3 fully saturated rings. The lowest BCUT2D eigenvalue weighted by molar-refractivity contribution is 0.0584. The molecule has 10 heteroatoms. The Morgan fingerprint density at radius 3 is 2.43 bits per heavy atom. The van der Waals surface area contributed by atoms with Crippen molar-refractivity contribution in [3.8, 4) is 17.2 Å². The molecule has 49 heavy (non-hydrogen) atoms. The van der Waals surface area contributed by atoms with Gasteiger partial charge in [0.2, 0.25) is 0 Å². The first-order chi connectivity index (χ1) is 23.6. The van der Waals surface area contributed by atoms with Crippen LogP contribution in [0.25, 0.3) is 0 Å². The van der Waals surface area contributed by atoms with Crippen LogP contribution in [0.1, 0.15) is 83.0 Å².